The fourth-order valence-electron chi connectivity index (χ4n) is 1.40. The van der Waals surface area contributed by atoms with Crippen LogP contribution in [-0.4, -0.2) is 38.0 Å². The Bertz CT molecular complexity index is 377. The molecule has 0 aliphatic rings. The quantitative estimate of drug-likeness (QED) is 0.731. The van der Waals surface area contributed by atoms with Crippen molar-refractivity contribution in [2.24, 2.45) is 0 Å². The minimum atomic E-state index is -0.358. The molecular formula is C13H19NO4. The Morgan fingerprint density at radius 1 is 1.22 bits per heavy atom. The summed E-state index contributed by atoms with van der Waals surface area (Å²) < 4.78 is 15.3. The molecular weight excluding hydrogens is 234 g/mol. The van der Waals surface area contributed by atoms with Crippen molar-refractivity contribution in [1.82, 2.24) is 4.90 Å². The average Bonchev–Trinajstić information content (AvgIpc) is 2.38. The molecule has 0 saturated heterocycles. The van der Waals surface area contributed by atoms with E-state index in [0.29, 0.717) is 24.6 Å². The van der Waals surface area contributed by atoms with Gasteiger partial charge in [-0.15, -0.1) is 0 Å². The van der Waals surface area contributed by atoms with Crippen molar-refractivity contribution in [1.29, 1.82) is 0 Å². The van der Waals surface area contributed by atoms with Crippen molar-refractivity contribution < 1.29 is 19.0 Å². The molecule has 0 bridgehead atoms. The van der Waals surface area contributed by atoms with E-state index in [9.17, 15) is 4.79 Å². The molecule has 0 heterocycles. The summed E-state index contributed by atoms with van der Waals surface area (Å²) in [6, 6.07) is 6.89. The second-order valence-electron chi connectivity index (χ2n) is 3.57. The lowest BCUT2D eigenvalue weighted by Crippen LogP contribution is -2.33. The topological polar surface area (TPSA) is 48.0 Å². The first-order valence-electron chi connectivity index (χ1n) is 5.89. The molecule has 18 heavy (non-hydrogen) atoms. The summed E-state index contributed by atoms with van der Waals surface area (Å²) in [5, 5.41) is 0. The summed E-state index contributed by atoms with van der Waals surface area (Å²) in [5.74, 6) is 1.06. The van der Waals surface area contributed by atoms with Crippen molar-refractivity contribution in [3.8, 4) is 11.5 Å². The van der Waals surface area contributed by atoms with Crippen molar-refractivity contribution in [2.75, 3.05) is 27.0 Å². The molecule has 1 aromatic rings. The molecule has 0 spiro atoms. The van der Waals surface area contributed by atoms with Crippen molar-refractivity contribution in [3.05, 3.63) is 24.3 Å². The van der Waals surface area contributed by atoms with Crippen LogP contribution < -0.4 is 9.47 Å². The zero-order valence-corrected chi connectivity index (χ0v) is 11.0. The number of hydrogen-bond donors (Lipinski definition) is 0. The van der Waals surface area contributed by atoms with Crippen LogP contribution >= 0.6 is 0 Å². The fraction of sp³-hybridized carbons (Fsp3) is 0.462. The normalized spacial score (nSPS) is 9.94. The Morgan fingerprint density at radius 3 is 2.50 bits per heavy atom. The third kappa shape index (κ3) is 4.25. The highest BCUT2D eigenvalue weighted by atomic mass is 16.7. The van der Waals surface area contributed by atoms with E-state index in [4.69, 9.17) is 14.2 Å². The number of rotatable bonds is 6. The molecule has 0 fully saturated rings. The molecule has 0 saturated carbocycles. The summed E-state index contributed by atoms with van der Waals surface area (Å²) in [7, 11) is 1.55. The summed E-state index contributed by atoms with van der Waals surface area (Å²) in [4.78, 5) is 13.3. The van der Waals surface area contributed by atoms with Crippen LogP contribution in [0.2, 0.25) is 0 Å². The third-order valence-corrected chi connectivity index (χ3v) is 2.38. The molecule has 1 rings (SSSR count). The molecule has 5 nitrogen and oxygen atoms in total. The van der Waals surface area contributed by atoms with Gasteiger partial charge in [0.05, 0.1) is 0 Å². The summed E-state index contributed by atoms with van der Waals surface area (Å²) >= 11 is 0. The van der Waals surface area contributed by atoms with E-state index in [0.717, 1.165) is 0 Å². The summed E-state index contributed by atoms with van der Waals surface area (Å²) in [5.41, 5.74) is 0. The number of methoxy groups -OCH3 is 1. The van der Waals surface area contributed by atoms with Gasteiger partial charge in [0.15, 0.2) is 6.79 Å². The van der Waals surface area contributed by atoms with Crippen LogP contribution in [0.15, 0.2) is 24.3 Å². The number of benzene rings is 1. The smallest absolute Gasteiger partial charge is 0.415 e. The maximum Gasteiger partial charge on any atom is 0.415 e. The lowest BCUT2D eigenvalue weighted by molar-refractivity contribution is 0.0510. The first-order valence-corrected chi connectivity index (χ1v) is 5.89. The molecule has 0 aliphatic heterocycles. The van der Waals surface area contributed by atoms with Crippen LogP contribution in [0.5, 0.6) is 11.5 Å². The van der Waals surface area contributed by atoms with E-state index >= 15 is 0 Å². The Kier molecular flexibility index (Phi) is 6.00. The molecule has 1 amide bonds. The molecule has 0 radical (unpaired) electrons. The average molecular weight is 253 g/mol. The molecule has 5 heteroatoms. The van der Waals surface area contributed by atoms with Gasteiger partial charge in [-0.2, -0.15) is 0 Å². The minimum Gasteiger partial charge on any atom is -0.467 e. The maximum absolute atomic E-state index is 11.7. The lowest BCUT2D eigenvalue weighted by atomic mass is 10.3. The minimum absolute atomic E-state index is 0.160. The van der Waals surface area contributed by atoms with Crippen molar-refractivity contribution in [2.45, 2.75) is 13.8 Å². The van der Waals surface area contributed by atoms with Gasteiger partial charge < -0.3 is 19.1 Å². The second-order valence-corrected chi connectivity index (χ2v) is 3.57. The molecule has 0 unspecified atom stereocenters. The van der Waals surface area contributed by atoms with Gasteiger partial charge in [-0.1, -0.05) is 6.07 Å². The van der Waals surface area contributed by atoms with E-state index in [1.165, 1.54) is 0 Å². The van der Waals surface area contributed by atoms with Crippen molar-refractivity contribution in [3.63, 3.8) is 0 Å². The zero-order valence-electron chi connectivity index (χ0n) is 11.0. The number of ether oxygens (including phenoxy) is 3. The summed E-state index contributed by atoms with van der Waals surface area (Å²) in [6.45, 7) is 5.21. The van der Waals surface area contributed by atoms with Crippen LogP contribution in [0.4, 0.5) is 4.79 Å². The number of hydrogen-bond acceptors (Lipinski definition) is 4. The van der Waals surface area contributed by atoms with Crippen LogP contribution in [0.1, 0.15) is 13.8 Å². The number of carbonyl (C=O) groups is 1. The van der Waals surface area contributed by atoms with Gasteiger partial charge in [0, 0.05) is 26.3 Å². The first-order chi connectivity index (χ1) is 8.71. The van der Waals surface area contributed by atoms with E-state index in [1.54, 1.807) is 36.3 Å². The van der Waals surface area contributed by atoms with Gasteiger partial charge in [-0.25, -0.2) is 4.79 Å². The molecule has 0 atom stereocenters. The Morgan fingerprint density at radius 2 is 1.89 bits per heavy atom. The van der Waals surface area contributed by atoms with E-state index in [2.05, 4.69) is 0 Å². The Balaban J connectivity index is 2.63. The van der Waals surface area contributed by atoms with Crippen LogP contribution in [0, 0.1) is 0 Å². The molecule has 0 aliphatic carbocycles. The molecule has 0 aromatic heterocycles. The van der Waals surface area contributed by atoms with E-state index in [-0.39, 0.29) is 12.9 Å². The van der Waals surface area contributed by atoms with Gasteiger partial charge in [0.25, 0.3) is 0 Å². The Labute approximate surface area is 107 Å². The van der Waals surface area contributed by atoms with Gasteiger partial charge in [-0.05, 0) is 26.0 Å². The monoisotopic (exact) mass is 253 g/mol. The first kappa shape index (κ1) is 14.3. The van der Waals surface area contributed by atoms with E-state index < -0.39 is 0 Å². The predicted octanol–water partition coefficient (Wildman–Crippen LogP) is 2.51. The lowest BCUT2D eigenvalue weighted by Gasteiger charge is -2.18. The second kappa shape index (κ2) is 7.55. The standard InChI is InChI=1S/C13H19NO4/c1-4-14(5-2)13(15)18-12-8-6-7-11(9-12)17-10-16-3/h6-9H,4-5,10H2,1-3H3. The SMILES string of the molecule is CCN(CC)C(=O)Oc1cccc(OCOC)c1. The van der Waals surface area contributed by atoms with Crippen LogP contribution in [0.25, 0.3) is 0 Å². The van der Waals surface area contributed by atoms with Gasteiger partial charge in [-0.3, -0.25) is 0 Å². The van der Waals surface area contributed by atoms with Gasteiger partial charge in [0.2, 0.25) is 0 Å². The maximum atomic E-state index is 11.7. The highest BCUT2D eigenvalue weighted by Gasteiger charge is 2.12. The van der Waals surface area contributed by atoms with Crippen LogP contribution in [-0.2, 0) is 4.74 Å². The number of nitrogens with zero attached hydrogens (tertiary/aromatic N) is 1. The van der Waals surface area contributed by atoms with Crippen molar-refractivity contribution >= 4 is 6.09 Å². The highest BCUT2D eigenvalue weighted by Crippen LogP contribution is 2.20. The third-order valence-electron chi connectivity index (χ3n) is 2.38. The Hall–Kier alpha value is -1.75. The highest BCUT2D eigenvalue weighted by molar-refractivity contribution is 5.70. The molecule has 100 valence electrons. The van der Waals surface area contributed by atoms with Crippen LogP contribution in [0.3, 0.4) is 0 Å². The van der Waals surface area contributed by atoms with Gasteiger partial charge in [0.1, 0.15) is 11.5 Å². The fourth-order valence-corrected chi connectivity index (χ4v) is 1.40. The number of carbonyl (C=O) groups excluding carboxylic acids is 1. The zero-order chi connectivity index (χ0) is 13.4. The predicted molar refractivity (Wildman–Crippen MR) is 67.9 cm³/mol. The molecule has 1 aromatic carbocycles. The number of amides is 1. The van der Waals surface area contributed by atoms with E-state index in [1.807, 2.05) is 13.8 Å². The summed E-state index contributed by atoms with van der Waals surface area (Å²) in [6.07, 6.45) is -0.358. The van der Waals surface area contributed by atoms with Gasteiger partial charge >= 0.3 is 6.09 Å². The largest absolute Gasteiger partial charge is 0.467 e. The molecule has 0 N–H and O–H groups in total.